The van der Waals surface area contributed by atoms with Gasteiger partial charge in [-0.15, -0.1) is 0 Å². The first kappa shape index (κ1) is 18.9. The standard InChI is InChI=1S/C23H27N3O/c1-3-4-5-12-17-24-23(27)21-18(2)26(20-15-10-7-11-16-20)25-22(21)19-13-8-6-9-14-19/h6-11,13-16H,3-5,12,17H2,1-2H3,(H,24,27). The molecule has 27 heavy (non-hydrogen) atoms. The largest absolute Gasteiger partial charge is 0.352 e. The van der Waals surface area contributed by atoms with Gasteiger partial charge in [0, 0.05) is 12.1 Å². The average Bonchev–Trinajstić information content (AvgIpc) is 3.06. The number of benzene rings is 2. The predicted octanol–water partition coefficient (Wildman–Crippen LogP) is 5.16. The van der Waals surface area contributed by atoms with Crippen molar-refractivity contribution >= 4 is 5.91 Å². The molecule has 0 aliphatic heterocycles. The second kappa shape index (κ2) is 9.17. The minimum absolute atomic E-state index is 0.0509. The normalized spacial score (nSPS) is 10.7. The Hall–Kier alpha value is -2.88. The van der Waals surface area contributed by atoms with Crippen molar-refractivity contribution in [3.8, 4) is 16.9 Å². The fourth-order valence-electron chi connectivity index (χ4n) is 3.23. The van der Waals surface area contributed by atoms with E-state index < -0.39 is 0 Å². The van der Waals surface area contributed by atoms with E-state index in [1.165, 1.54) is 12.8 Å². The summed E-state index contributed by atoms with van der Waals surface area (Å²) in [5, 5.41) is 7.87. The van der Waals surface area contributed by atoms with Crippen molar-refractivity contribution < 1.29 is 4.79 Å². The van der Waals surface area contributed by atoms with Crippen LogP contribution in [0.5, 0.6) is 0 Å². The summed E-state index contributed by atoms with van der Waals surface area (Å²) in [4.78, 5) is 13.0. The van der Waals surface area contributed by atoms with Crippen LogP contribution in [-0.4, -0.2) is 22.2 Å². The zero-order valence-electron chi connectivity index (χ0n) is 16.1. The van der Waals surface area contributed by atoms with Gasteiger partial charge < -0.3 is 5.32 Å². The van der Waals surface area contributed by atoms with Gasteiger partial charge in [0.2, 0.25) is 0 Å². The monoisotopic (exact) mass is 361 g/mol. The Labute approximate surface area is 161 Å². The Morgan fingerprint density at radius 3 is 2.30 bits per heavy atom. The molecule has 1 amide bonds. The fraction of sp³-hybridized carbons (Fsp3) is 0.304. The third kappa shape index (κ3) is 4.45. The Morgan fingerprint density at radius 2 is 1.63 bits per heavy atom. The summed E-state index contributed by atoms with van der Waals surface area (Å²) in [6.07, 6.45) is 4.54. The molecule has 0 atom stereocenters. The molecule has 0 radical (unpaired) electrons. The van der Waals surface area contributed by atoms with E-state index in [0.29, 0.717) is 12.1 Å². The summed E-state index contributed by atoms with van der Waals surface area (Å²) in [5.41, 5.74) is 4.13. The van der Waals surface area contributed by atoms with E-state index in [1.807, 2.05) is 72.3 Å². The molecule has 0 fully saturated rings. The van der Waals surface area contributed by atoms with Crippen molar-refractivity contribution in [2.45, 2.75) is 39.5 Å². The van der Waals surface area contributed by atoms with Gasteiger partial charge >= 0.3 is 0 Å². The minimum atomic E-state index is -0.0509. The lowest BCUT2D eigenvalue weighted by atomic mass is 10.1. The number of aromatic nitrogens is 2. The highest BCUT2D eigenvalue weighted by Crippen LogP contribution is 2.27. The van der Waals surface area contributed by atoms with Crippen molar-refractivity contribution in [2.24, 2.45) is 0 Å². The van der Waals surface area contributed by atoms with Gasteiger partial charge in [0.25, 0.3) is 5.91 Å². The van der Waals surface area contributed by atoms with Crippen molar-refractivity contribution in [2.75, 3.05) is 6.54 Å². The van der Waals surface area contributed by atoms with Gasteiger partial charge in [-0.05, 0) is 25.5 Å². The molecule has 2 aromatic carbocycles. The number of carbonyl (C=O) groups excluding carboxylic acids is 1. The Bertz CT molecular complexity index is 869. The SMILES string of the molecule is CCCCCCNC(=O)c1c(-c2ccccc2)nn(-c2ccccc2)c1C. The maximum atomic E-state index is 13.0. The number of para-hydroxylation sites is 1. The molecular formula is C23H27N3O. The van der Waals surface area contributed by atoms with E-state index in [-0.39, 0.29) is 5.91 Å². The van der Waals surface area contributed by atoms with Crippen LogP contribution in [0, 0.1) is 6.92 Å². The molecule has 4 heteroatoms. The van der Waals surface area contributed by atoms with Crippen LogP contribution in [0.1, 0.15) is 48.7 Å². The van der Waals surface area contributed by atoms with Crippen LogP contribution in [-0.2, 0) is 0 Å². The molecule has 1 heterocycles. The maximum absolute atomic E-state index is 13.0. The molecule has 4 nitrogen and oxygen atoms in total. The number of unbranched alkanes of at least 4 members (excludes halogenated alkanes) is 3. The van der Waals surface area contributed by atoms with Crippen molar-refractivity contribution in [3.05, 3.63) is 71.9 Å². The highest BCUT2D eigenvalue weighted by molar-refractivity contribution is 6.01. The lowest BCUT2D eigenvalue weighted by molar-refractivity contribution is 0.0953. The van der Waals surface area contributed by atoms with Crippen molar-refractivity contribution in [1.82, 2.24) is 15.1 Å². The van der Waals surface area contributed by atoms with Crippen LogP contribution in [0.2, 0.25) is 0 Å². The quantitative estimate of drug-likeness (QED) is 0.564. The number of nitrogens with zero attached hydrogens (tertiary/aromatic N) is 2. The third-order valence-electron chi connectivity index (χ3n) is 4.71. The maximum Gasteiger partial charge on any atom is 0.255 e. The lowest BCUT2D eigenvalue weighted by Crippen LogP contribution is -2.25. The predicted molar refractivity (Wildman–Crippen MR) is 110 cm³/mol. The second-order valence-electron chi connectivity index (χ2n) is 6.74. The number of rotatable bonds is 8. The zero-order valence-corrected chi connectivity index (χ0v) is 16.1. The van der Waals surface area contributed by atoms with E-state index in [0.717, 1.165) is 35.5 Å². The van der Waals surface area contributed by atoms with Crippen LogP contribution < -0.4 is 5.32 Å². The molecule has 0 saturated heterocycles. The summed E-state index contributed by atoms with van der Waals surface area (Å²) in [6, 6.07) is 19.8. The number of hydrogen-bond donors (Lipinski definition) is 1. The van der Waals surface area contributed by atoms with Gasteiger partial charge in [0.1, 0.15) is 5.69 Å². The minimum Gasteiger partial charge on any atom is -0.352 e. The van der Waals surface area contributed by atoms with Crippen LogP contribution in [0.3, 0.4) is 0 Å². The van der Waals surface area contributed by atoms with Gasteiger partial charge in [0.15, 0.2) is 0 Å². The molecule has 140 valence electrons. The summed E-state index contributed by atoms with van der Waals surface area (Å²) in [6.45, 7) is 4.84. The highest BCUT2D eigenvalue weighted by Gasteiger charge is 2.22. The molecule has 0 aliphatic rings. The summed E-state index contributed by atoms with van der Waals surface area (Å²) in [5.74, 6) is -0.0509. The first-order valence-corrected chi connectivity index (χ1v) is 9.71. The number of carbonyl (C=O) groups is 1. The summed E-state index contributed by atoms with van der Waals surface area (Å²) in [7, 11) is 0. The van der Waals surface area contributed by atoms with E-state index in [4.69, 9.17) is 5.10 Å². The summed E-state index contributed by atoms with van der Waals surface area (Å²) >= 11 is 0. The topological polar surface area (TPSA) is 46.9 Å². The van der Waals surface area contributed by atoms with Gasteiger partial charge in [-0.3, -0.25) is 4.79 Å². The molecule has 0 spiro atoms. The number of amides is 1. The lowest BCUT2D eigenvalue weighted by Gasteiger charge is -2.07. The average molecular weight is 361 g/mol. The van der Waals surface area contributed by atoms with E-state index >= 15 is 0 Å². The zero-order chi connectivity index (χ0) is 19.1. The second-order valence-corrected chi connectivity index (χ2v) is 6.74. The van der Waals surface area contributed by atoms with Gasteiger partial charge in [0.05, 0.1) is 16.9 Å². The Kier molecular flexibility index (Phi) is 6.42. The van der Waals surface area contributed by atoms with E-state index in [9.17, 15) is 4.79 Å². The van der Waals surface area contributed by atoms with Crippen LogP contribution >= 0.6 is 0 Å². The number of hydrogen-bond acceptors (Lipinski definition) is 2. The highest BCUT2D eigenvalue weighted by atomic mass is 16.1. The molecule has 1 N–H and O–H groups in total. The molecule has 3 rings (SSSR count). The Morgan fingerprint density at radius 1 is 0.963 bits per heavy atom. The molecule has 1 aromatic heterocycles. The van der Waals surface area contributed by atoms with Gasteiger partial charge in [-0.2, -0.15) is 5.10 Å². The van der Waals surface area contributed by atoms with E-state index in [1.54, 1.807) is 0 Å². The molecule has 0 bridgehead atoms. The fourth-order valence-corrected chi connectivity index (χ4v) is 3.23. The van der Waals surface area contributed by atoms with Crippen LogP contribution in [0.15, 0.2) is 60.7 Å². The van der Waals surface area contributed by atoms with Crippen molar-refractivity contribution in [1.29, 1.82) is 0 Å². The Balaban J connectivity index is 1.93. The smallest absolute Gasteiger partial charge is 0.255 e. The molecule has 3 aromatic rings. The van der Waals surface area contributed by atoms with Gasteiger partial charge in [-0.1, -0.05) is 74.7 Å². The first-order valence-electron chi connectivity index (χ1n) is 9.71. The molecule has 0 aliphatic carbocycles. The van der Waals surface area contributed by atoms with Gasteiger partial charge in [-0.25, -0.2) is 4.68 Å². The summed E-state index contributed by atoms with van der Waals surface area (Å²) < 4.78 is 1.86. The van der Waals surface area contributed by atoms with Crippen LogP contribution in [0.4, 0.5) is 0 Å². The van der Waals surface area contributed by atoms with Crippen LogP contribution in [0.25, 0.3) is 16.9 Å². The molecule has 0 unspecified atom stereocenters. The number of nitrogens with one attached hydrogen (secondary N) is 1. The van der Waals surface area contributed by atoms with Crippen molar-refractivity contribution in [3.63, 3.8) is 0 Å². The molecular weight excluding hydrogens is 334 g/mol. The third-order valence-corrected chi connectivity index (χ3v) is 4.71. The van der Waals surface area contributed by atoms with E-state index in [2.05, 4.69) is 12.2 Å². The first-order chi connectivity index (χ1) is 13.2. The molecule has 0 saturated carbocycles.